The first-order valence-corrected chi connectivity index (χ1v) is 11.5. The van der Waals surface area contributed by atoms with Crippen molar-refractivity contribution in [1.29, 1.82) is 0 Å². The van der Waals surface area contributed by atoms with Gasteiger partial charge in [-0.2, -0.15) is 0 Å². The second-order valence-corrected chi connectivity index (χ2v) is 8.12. The highest BCUT2D eigenvalue weighted by Gasteiger charge is 2.28. The van der Waals surface area contributed by atoms with E-state index in [-0.39, 0.29) is 23.3 Å². The van der Waals surface area contributed by atoms with Crippen LogP contribution in [0.1, 0.15) is 37.8 Å². The third kappa shape index (κ3) is 7.71. The highest BCUT2D eigenvalue weighted by atomic mass is 32.2. The molecular formula is C23H29N3O4S. The molecular weight excluding hydrogens is 414 g/mol. The van der Waals surface area contributed by atoms with E-state index in [4.69, 9.17) is 0 Å². The molecule has 0 saturated carbocycles. The van der Waals surface area contributed by atoms with Crippen molar-refractivity contribution in [3.63, 3.8) is 0 Å². The Balaban J connectivity index is 2.05. The van der Waals surface area contributed by atoms with E-state index in [0.717, 1.165) is 17.5 Å². The number of nitrogens with one attached hydrogen (secondary N) is 1. The van der Waals surface area contributed by atoms with Crippen LogP contribution >= 0.6 is 11.8 Å². The Kier molecular flexibility index (Phi) is 10.0. The fourth-order valence-electron chi connectivity index (χ4n) is 3.12. The van der Waals surface area contributed by atoms with E-state index < -0.39 is 11.0 Å². The van der Waals surface area contributed by atoms with Crippen molar-refractivity contribution in [2.24, 2.45) is 0 Å². The number of benzene rings is 2. The molecule has 0 saturated heterocycles. The fourth-order valence-corrected chi connectivity index (χ4v) is 3.99. The van der Waals surface area contributed by atoms with Crippen molar-refractivity contribution in [1.82, 2.24) is 10.2 Å². The molecule has 0 radical (unpaired) electrons. The first-order valence-electron chi connectivity index (χ1n) is 10.4. The van der Waals surface area contributed by atoms with Crippen molar-refractivity contribution in [3.05, 3.63) is 75.8 Å². The maximum absolute atomic E-state index is 13.1. The number of nitro groups is 1. The molecule has 166 valence electrons. The molecule has 0 fully saturated rings. The van der Waals surface area contributed by atoms with E-state index in [9.17, 15) is 19.7 Å². The van der Waals surface area contributed by atoms with Crippen LogP contribution in [0, 0.1) is 10.1 Å². The number of hydrogen-bond acceptors (Lipinski definition) is 5. The topological polar surface area (TPSA) is 92.6 Å². The van der Waals surface area contributed by atoms with Gasteiger partial charge in [-0.25, -0.2) is 0 Å². The Labute approximate surface area is 187 Å². The molecule has 0 spiro atoms. The van der Waals surface area contributed by atoms with Crippen LogP contribution in [0.2, 0.25) is 0 Å². The lowest BCUT2D eigenvalue weighted by Gasteiger charge is -2.30. The zero-order valence-electron chi connectivity index (χ0n) is 18.0. The lowest BCUT2D eigenvalue weighted by atomic mass is 10.1. The first kappa shape index (κ1) is 24.4. The van der Waals surface area contributed by atoms with E-state index in [0.29, 0.717) is 25.3 Å². The summed E-state index contributed by atoms with van der Waals surface area (Å²) < 4.78 is 0. The van der Waals surface area contributed by atoms with E-state index in [1.165, 1.54) is 23.9 Å². The zero-order valence-corrected chi connectivity index (χ0v) is 18.8. The Morgan fingerprint density at radius 2 is 1.74 bits per heavy atom. The lowest BCUT2D eigenvalue weighted by molar-refractivity contribution is -0.384. The number of non-ortho nitro benzene ring substituents is 1. The van der Waals surface area contributed by atoms with Crippen LogP contribution < -0.4 is 5.32 Å². The van der Waals surface area contributed by atoms with E-state index >= 15 is 0 Å². The molecule has 31 heavy (non-hydrogen) atoms. The molecule has 2 aromatic rings. The van der Waals surface area contributed by atoms with Crippen LogP contribution in [0.3, 0.4) is 0 Å². The van der Waals surface area contributed by atoms with Gasteiger partial charge in [-0.15, -0.1) is 11.8 Å². The van der Waals surface area contributed by atoms with Crippen LogP contribution in [-0.4, -0.2) is 40.0 Å². The molecule has 2 rings (SSSR count). The molecule has 0 aromatic heterocycles. The quantitative estimate of drug-likeness (QED) is 0.393. The second kappa shape index (κ2) is 12.7. The average molecular weight is 444 g/mol. The zero-order chi connectivity index (χ0) is 22.6. The van der Waals surface area contributed by atoms with Crippen molar-refractivity contribution >= 4 is 29.3 Å². The molecule has 0 aliphatic rings. The summed E-state index contributed by atoms with van der Waals surface area (Å²) in [5.41, 5.74) is 1.92. The van der Waals surface area contributed by atoms with E-state index in [1.54, 1.807) is 17.0 Å². The molecule has 7 nitrogen and oxygen atoms in total. The summed E-state index contributed by atoms with van der Waals surface area (Å²) >= 11 is 1.43. The number of carbonyl (C=O) groups is 2. The summed E-state index contributed by atoms with van der Waals surface area (Å²) in [6.45, 7) is 4.85. The number of carbonyl (C=O) groups excluding carboxylic acids is 2. The Bertz CT molecular complexity index is 859. The van der Waals surface area contributed by atoms with Crippen molar-refractivity contribution in [2.45, 2.75) is 45.0 Å². The van der Waals surface area contributed by atoms with Crippen LogP contribution in [0.25, 0.3) is 0 Å². The SMILES string of the molecule is CCCNC(=O)[C@H](CC)N(Cc1ccccc1)C(=O)CSCc1ccc([N+](=O)[O-])cc1. The van der Waals surface area contributed by atoms with Crippen LogP contribution in [0.5, 0.6) is 0 Å². The largest absolute Gasteiger partial charge is 0.354 e. The predicted octanol–water partition coefficient (Wildman–Crippen LogP) is 4.16. The van der Waals surface area contributed by atoms with Gasteiger partial charge >= 0.3 is 0 Å². The van der Waals surface area contributed by atoms with Crippen molar-refractivity contribution in [2.75, 3.05) is 12.3 Å². The molecule has 0 heterocycles. The van der Waals surface area contributed by atoms with Gasteiger partial charge in [0, 0.05) is 31.0 Å². The van der Waals surface area contributed by atoms with Gasteiger partial charge < -0.3 is 10.2 Å². The molecule has 0 unspecified atom stereocenters. The second-order valence-electron chi connectivity index (χ2n) is 7.14. The highest BCUT2D eigenvalue weighted by Crippen LogP contribution is 2.19. The van der Waals surface area contributed by atoms with Gasteiger partial charge in [-0.05, 0) is 24.0 Å². The maximum Gasteiger partial charge on any atom is 0.269 e. The van der Waals surface area contributed by atoms with E-state index in [1.807, 2.05) is 44.2 Å². The van der Waals surface area contributed by atoms with Crippen LogP contribution in [0.4, 0.5) is 5.69 Å². The van der Waals surface area contributed by atoms with Gasteiger partial charge in [-0.1, -0.05) is 56.3 Å². The minimum Gasteiger partial charge on any atom is -0.354 e. The standard InChI is InChI=1S/C23H29N3O4S/c1-3-14-24-23(28)21(4-2)25(15-18-8-6-5-7-9-18)22(27)17-31-16-19-10-12-20(13-11-19)26(29)30/h5-13,21H,3-4,14-17H2,1-2H3,(H,24,28)/t21-/m0/s1. The maximum atomic E-state index is 13.1. The third-order valence-corrected chi connectivity index (χ3v) is 5.76. The van der Waals surface area contributed by atoms with Gasteiger partial charge in [0.1, 0.15) is 6.04 Å². The van der Waals surface area contributed by atoms with Crippen molar-refractivity contribution < 1.29 is 14.5 Å². The molecule has 0 aliphatic carbocycles. The van der Waals surface area contributed by atoms with Gasteiger partial charge in [-0.3, -0.25) is 19.7 Å². The summed E-state index contributed by atoms with van der Waals surface area (Å²) in [6, 6.07) is 15.4. The fraction of sp³-hybridized carbons (Fsp3) is 0.391. The van der Waals surface area contributed by atoms with Gasteiger partial charge in [0.25, 0.3) is 5.69 Å². The summed E-state index contributed by atoms with van der Waals surface area (Å²) in [6.07, 6.45) is 1.36. The van der Waals surface area contributed by atoms with E-state index in [2.05, 4.69) is 5.32 Å². The molecule has 0 bridgehead atoms. The summed E-state index contributed by atoms with van der Waals surface area (Å²) in [5, 5.41) is 13.7. The molecule has 0 aliphatic heterocycles. The minimum absolute atomic E-state index is 0.0442. The Morgan fingerprint density at radius 1 is 1.06 bits per heavy atom. The normalized spacial score (nSPS) is 11.5. The molecule has 1 atom stereocenters. The van der Waals surface area contributed by atoms with Crippen LogP contribution in [0.15, 0.2) is 54.6 Å². The number of nitrogens with zero attached hydrogens (tertiary/aromatic N) is 2. The smallest absolute Gasteiger partial charge is 0.269 e. The molecule has 8 heteroatoms. The molecule has 2 aromatic carbocycles. The Morgan fingerprint density at radius 3 is 2.32 bits per heavy atom. The van der Waals surface area contributed by atoms with Gasteiger partial charge in [0.05, 0.1) is 10.7 Å². The van der Waals surface area contributed by atoms with Crippen molar-refractivity contribution in [3.8, 4) is 0 Å². The molecule has 1 N–H and O–H groups in total. The number of thioether (sulfide) groups is 1. The minimum atomic E-state index is -0.528. The summed E-state index contributed by atoms with van der Waals surface area (Å²) in [5.74, 6) is 0.548. The summed E-state index contributed by atoms with van der Waals surface area (Å²) in [4.78, 5) is 37.8. The average Bonchev–Trinajstić information content (AvgIpc) is 2.78. The lowest BCUT2D eigenvalue weighted by Crippen LogP contribution is -2.49. The summed E-state index contributed by atoms with van der Waals surface area (Å²) in [7, 11) is 0. The highest BCUT2D eigenvalue weighted by molar-refractivity contribution is 7.99. The monoisotopic (exact) mass is 443 g/mol. The first-order chi connectivity index (χ1) is 15.0. The number of hydrogen-bond donors (Lipinski definition) is 1. The number of nitro benzene ring substituents is 1. The van der Waals surface area contributed by atoms with Crippen LogP contribution in [-0.2, 0) is 21.9 Å². The molecule has 2 amide bonds. The third-order valence-electron chi connectivity index (χ3n) is 4.77. The van der Waals surface area contributed by atoms with Gasteiger partial charge in [0.2, 0.25) is 11.8 Å². The number of rotatable bonds is 12. The van der Waals surface area contributed by atoms with Gasteiger partial charge in [0.15, 0.2) is 0 Å². The Hall–Kier alpha value is -2.87. The predicted molar refractivity (Wildman–Crippen MR) is 124 cm³/mol. The number of amides is 2.